The van der Waals surface area contributed by atoms with E-state index in [1.165, 1.54) is 16.8 Å². The van der Waals surface area contributed by atoms with Gasteiger partial charge < -0.3 is 39.3 Å². The summed E-state index contributed by atoms with van der Waals surface area (Å²) in [5, 5.41) is 22.4. The number of ether oxygens (including phenoxy) is 2. The molecule has 2 heterocycles. The van der Waals surface area contributed by atoms with Gasteiger partial charge in [0, 0.05) is 26.8 Å². The molecule has 1 aromatic heterocycles. The van der Waals surface area contributed by atoms with Crippen LogP contribution in [0.15, 0.2) is 59.5 Å². The number of nitrogen functional groups attached to an aromatic ring is 1. The number of nitrogens with one attached hydrogen (secondary N) is 1. The summed E-state index contributed by atoms with van der Waals surface area (Å²) in [6, 6.07) is 15.0. The number of hydrogen-bond donors (Lipinski definition) is 4. The Bertz CT molecular complexity index is 1240. The van der Waals surface area contributed by atoms with Crippen molar-refractivity contribution in [3.8, 4) is 5.75 Å². The average molecular weight is 617 g/mol. The molecular weight excluding hydrogens is 577 g/mol. The van der Waals surface area contributed by atoms with Crippen molar-refractivity contribution in [1.82, 2.24) is 14.6 Å². The number of methoxy groups -OCH3 is 1. The van der Waals surface area contributed by atoms with Gasteiger partial charge in [-0.25, -0.2) is 18.7 Å². The molecule has 0 radical (unpaired) electrons. The number of aldehydes is 1. The van der Waals surface area contributed by atoms with Gasteiger partial charge in [0.15, 0.2) is 6.23 Å². The molecule has 1 saturated heterocycles. The highest BCUT2D eigenvalue weighted by atomic mass is 31.2. The summed E-state index contributed by atoms with van der Waals surface area (Å²) in [7, 11) is 1.05. The number of aromatic nitrogens is 2. The van der Waals surface area contributed by atoms with Gasteiger partial charge >= 0.3 is 14.2 Å². The van der Waals surface area contributed by atoms with Crippen molar-refractivity contribution >= 4 is 31.4 Å². The smallest absolute Gasteiger partial charge is 0.351 e. The first kappa shape index (κ1) is 36.9. The summed E-state index contributed by atoms with van der Waals surface area (Å²) in [4.78, 5) is 26.5. The van der Waals surface area contributed by atoms with Crippen LogP contribution in [-0.2, 0) is 18.8 Å². The minimum Gasteiger partial charge on any atom is -0.436 e. The molecule has 4 rings (SSSR count). The third-order valence-corrected chi connectivity index (χ3v) is 6.55. The largest absolute Gasteiger partial charge is 0.436 e. The maximum atomic E-state index is 12.0. The maximum Gasteiger partial charge on any atom is 0.351 e. The Morgan fingerprint density at radius 2 is 1.86 bits per heavy atom. The molecular formula is C27H39F2N4O8P. The summed E-state index contributed by atoms with van der Waals surface area (Å²) in [6.07, 6.45) is 0.506. The number of nitrogens with two attached hydrogens (primary N) is 1. The van der Waals surface area contributed by atoms with Gasteiger partial charge in [0.2, 0.25) is 6.93 Å². The lowest BCUT2D eigenvalue weighted by molar-refractivity contribution is -0.107. The zero-order chi connectivity index (χ0) is 31.5. The fraction of sp³-hybridized carbons (Fsp3) is 0.444. The average Bonchev–Trinajstić information content (AvgIpc) is 3.36. The number of alkyl halides is 2. The highest BCUT2D eigenvalue weighted by molar-refractivity contribution is 7.45. The van der Waals surface area contributed by atoms with E-state index >= 15 is 0 Å². The van der Waals surface area contributed by atoms with E-state index < -0.39 is 39.6 Å². The first-order valence-electron chi connectivity index (χ1n) is 12.8. The summed E-state index contributed by atoms with van der Waals surface area (Å²) < 4.78 is 42.8. The number of rotatable bonds is 10. The molecule has 0 saturated carbocycles. The minimum atomic E-state index is -1.75. The van der Waals surface area contributed by atoms with Gasteiger partial charge in [0.05, 0.1) is 25.4 Å². The van der Waals surface area contributed by atoms with Crippen LogP contribution in [0, 0.1) is 0 Å². The van der Waals surface area contributed by atoms with Crippen LogP contribution in [0.4, 0.5) is 14.6 Å². The molecule has 12 nitrogen and oxygen atoms in total. The van der Waals surface area contributed by atoms with Gasteiger partial charge in [-0.3, -0.25) is 4.57 Å². The molecule has 0 spiro atoms. The number of aliphatic hydroxyl groups is 2. The van der Waals surface area contributed by atoms with Crippen molar-refractivity contribution in [3.63, 3.8) is 0 Å². The molecule has 0 aliphatic carbocycles. The predicted octanol–water partition coefficient (Wildman–Crippen LogP) is 3.27. The van der Waals surface area contributed by atoms with Crippen LogP contribution in [0.25, 0.3) is 10.8 Å². The second-order valence-corrected chi connectivity index (χ2v) is 9.83. The molecule has 1 aliphatic heterocycles. The van der Waals surface area contributed by atoms with E-state index in [4.69, 9.17) is 29.4 Å². The Hall–Kier alpha value is -3.10. The van der Waals surface area contributed by atoms with Crippen molar-refractivity contribution < 1.29 is 42.3 Å². The Balaban J connectivity index is 0.000000774. The van der Waals surface area contributed by atoms with E-state index in [1.54, 1.807) is 7.11 Å². The SMILES string of the molecule is CO.COC(C)C.FCF.Nc1ccn(C2OC(COP(NCC=O)Oc3ccc4ccccc4c3)CC2O)c(=O)n1. The lowest BCUT2D eigenvalue weighted by atomic mass is 10.1. The molecule has 234 valence electrons. The fourth-order valence-corrected chi connectivity index (χ4v) is 4.43. The molecule has 0 bridgehead atoms. The van der Waals surface area contributed by atoms with Crippen molar-refractivity contribution in [3.05, 3.63) is 65.2 Å². The Morgan fingerprint density at radius 3 is 2.45 bits per heavy atom. The molecule has 1 fully saturated rings. The van der Waals surface area contributed by atoms with Crippen LogP contribution in [0.3, 0.4) is 0 Å². The van der Waals surface area contributed by atoms with E-state index in [0.29, 0.717) is 11.9 Å². The molecule has 42 heavy (non-hydrogen) atoms. The number of hydrogen-bond acceptors (Lipinski definition) is 11. The lowest BCUT2D eigenvalue weighted by Crippen LogP contribution is -2.31. The van der Waals surface area contributed by atoms with E-state index in [1.807, 2.05) is 56.3 Å². The minimum absolute atomic E-state index is 0.0581. The molecule has 15 heteroatoms. The Morgan fingerprint density at radius 1 is 1.21 bits per heavy atom. The first-order chi connectivity index (χ1) is 20.2. The van der Waals surface area contributed by atoms with Gasteiger partial charge in [0.25, 0.3) is 0 Å². The monoisotopic (exact) mass is 616 g/mol. The zero-order valence-corrected chi connectivity index (χ0v) is 24.8. The van der Waals surface area contributed by atoms with E-state index in [9.17, 15) is 23.5 Å². The second kappa shape index (κ2) is 20.7. The van der Waals surface area contributed by atoms with Gasteiger partial charge in [-0.15, -0.1) is 0 Å². The van der Waals surface area contributed by atoms with Crippen molar-refractivity contribution in [2.45, 2.75) is 44.8 Å². The lowest BCUT2D eigenvalue weighted by Gasteiger charge is -2.20. The maximum absolute atomic E-state index is 12.0. The molecule has 2 aromatic carbocycles. The number of anilines is 1. The topological polar surface area (TPSA) is 167 Å². The number of benzene rings is 2. The van der Waals surface area contributed by atoms with Crippen LogP contribution < -0.4 is 21.0 Å². The quantitative estimate of drug-likeness (QED) is 0.195. The van der Waals surface area contributed by atoms with Crippen LogP contribution in [0.5, 0.6) is 5.75 Å². The molecule has 1 aliphatic rings. The number of aliphatic hydroxyl groups excluding tert-OH is 2. The third kappa shape index (κ3) is 12.8. The van der Waals surface area contributed by atoms with Gasteiger partial charge in [-0.05, 0) is 42.8 Å². The number of halogens is 2. The Labute approximate surface area is 244 Å². The van der Waals surface area contributed by atoms with E-state index in [2.05, 4.69) is 10.1 Å². The number of carbonyl (C=O) groups excluding carboxylic acids is 1. The number of nitrogens with zero attached hydrogens (tertiary/aromatic N) is 2. The van der Waals surface area contributed by atoms with Crippen LogP contribution >= 0.6 is 8.53 Å². The van der Waals surface area contributed by atoms with Gasteiger partial charge in [-0.2, -0.15) is 4.98 Å². The highest BCUT2D eigenvalue weighted by Crippen LogP contribution is 2.38. The molecule has 5 N–H and O–H groups in total. The van der Waals surface area contributed by atoms with Crippen LogP contribution in [0.1, 0.15) is 26.5 Å². The van der Waals surface area contributed by atoms with Crippen molar-refractivity contribution in [2.75, 3.05) is 40.0 Å². The number of carbonyl (C=O) groups is 1. The first-order valence-corrected chi connectivity index (χ1v) is 13.9. The van der Waals surface area contributed by atoms with E-state index in [-0.39, 0.29) is 25.4 Å². The van der Waals surface area contributed by atoms with Crippen molar-refractivity contribution in [2.24, 2.45) is 0 Å². The van der Waals surface area contributed by atoms with Crippen LogP contribution in [0.2, 0.25) is 0 Å². The second-order valence-electron chi connectivity index (χ2n) is 8.56. The van der Waals surface area contributed by atoms with E-state index in [0.717, 1.165) is 24.2 Å². The summed E-state index contributed by atoms with van der Waals surface area (Å²) in [5.41, 5.74) is 4.91. The molecule has 4 atom stereocenters. The molecule has 4 unspecified atom stereocenters. The summed E-state index contributed by atoms with van der Waals surface area (Å²) in [5.74, 6) is 0.689. The predicted molar refractivity (Wildman–Crippen MR) is 156 cm³/mol. The van der Waals surface area contributed by atoms with Gasteiger partial charge in [0.1, 0.15) is 24.0 Å². The summed E-state index contributed by atoms with van der Waals surface area (Å²) >= 11 is 0. The van der Waals surface area contributed by atoms with Crippen molar-refractivity contribution in [1.29, 1.82) is 0 Å². The van der Waals surface area contributed by atoms with Gasteiger partial charge in [-0.1, -0.05) is 30.3 Å². The third-order valence-electron chi connectivity index (χ3n) is 5.35. The molecule has 0 amide bonds. The summed E-state index contributed by atoms with van der Waals surface area (Å²) in [6.45, 7) is 2.40. The standard InChI is InChI=1S/C21H23N4O6P.C4H10O.CH2F2.CH4O/c22-19-7-9-25(21(28)24-19)20-18(27)12-17(30-20)13-29-32(23-8-10-26)31-16-6-5-14-3-1-2-4-15(14)11-16;1-4(2)5-3;2-1-3;1-2/h1-7,9-11,17-18,20,23,27H,8,12-13H2,(H2,22,24,28);4H,1-3H3;1H2;2H,1H3. The Kier molecular flexibility index (Phi) is 18.2. The number of fused-ring (bicyclic) bond motifs is 1. The highest BCUT2D eigenvalue weighted by Gasteiger charge is 2.36. The fourth-order valence-electron chi connectivity index (χ4n) is 3.39. The van der Waals surface area contributed by atoms with Crippen LogP contribution in [-0.4, -0.2) is 78.7 Å². The normalized spacial score (nSPS) is 18.1. The molecule has 3 aromatic rings. The zero-order valence-electron chi connectivity index (χ0n) is 23.9.